The van der Waals surface area contributed by atoms with Crippen molar-refractivity contribution in [2.45, 2.75) is 24.8 Å². The lowest BCUT2D eigenvalue weighted by Crippen LogP contribution is -2.12. The van der Waals surface area contributed by atoms with Gasteiger partial charge >= 0.3 is 0 Å². The lowest BCUT2D eigenvalue weighted by atomic mass is 10.3. The van der Waals surface area contributed by atoms with E-state index in [4.69, 9.17) is 20.2 Å². The summed E-state index contributed by atoms with van der Waals surface area (Å²) in [7, 11) is 1.51. The van der Waals surface area contributed by atoms with Gasteiger partial charge in [0, 0.05) is 15.2 Å². The van der Waals surface area contributed by atoms with Crippen molar-refractivity contribution in [1.82, 2.24) is 0 Å². The third-order valence-corrected chi connectivity index (χ3v) is 3.80. The summed E-state index contributed by atoms with van der Waals surface area (Å²) >= 11 is 3.19. The quantitative estimate of drug-likeness (QED) is 0.579. The zero-order valence-corrected chi connectivity index (χ0v) is 13.2. The van der Waals surface area contributed by atoms with Crippen LogP contribution in [0, 0.1) is 0 Å². The van der Waals surface area contributed by atoms with Crippen LogP contribution in [0.5, 0.6) is 5.75 Å². The number of hydrogen-bond donors (Lipinski definition) is 0. The Balaban J connectivity index is 2.77. The molecule has 0 aliphatic rings. The van der Waals surface area contributed by atoms with Crippen LogP contribution in [0.25, 0.3) is 0 Å². The number of hydrogen-bond acceptors (Lipinski definition) is 4. The van der Waals surface area contributed by atoms with Gasteiger partial charge in [-0.25, -0.2) is 8.42 Å². The molecule has 18 heavy (non-hydrogen) atoms. The summed E-state index contributed by atoms with van der Waals surface area (Å²) in [6.07, 6.45) is 0.106. The molecule has 0 saturated heterocycles. The first-order chi connectivity index (χ1) is 8.30. The Hall–Kier alpha value is -0.300. The van der Waals surface area contributed by atoms with Crippen LogP contribution in [-0.2, 0) is 13.8 Å². The van der Waals surface area contributed by atoms with Gasteiger partial charge in [0.1, 0.15) is 17.3 Å². The van der Waals surface area contributed by atoms with Crippen LogP contribution in [0.4, 0.5) is 0 Å². The monoisotopic (exact) mass is 356 g/mol. The van der Waals surface area contributed by atoms with Crippen molar-refractivity contribution in [3.8, 4) is 5.75 Å². The van der Waals surface area contributed by atoms with E-state index in [1.54, 1.807) is 12.1 Å². The molecule has 0 heterocycles. The van der Waals surface area contributed by atoms with E-state index >= 15 is 0 Å². The fourth-order valence-electron chi connectivity index (χ4n) is 1.23. The highest BCUT2D eigenvalue weighted by atomic mass is 79.9. The molecule has 1 aromatic carbocycles. The molecule has 102 valence electrons. The molecule has 0 bridgehead atoms. The third kappa shape index (κ3) is 5.14. The lowest BCUT2D eigenvalue weighted by Gasteiger charge is -2.11. The van der Waals surface area contributed by atoms with E-state index in [1.165, 1.54) is 6.07 Å². The number of benzene rings is 1. The second-order valence-corrected chi connectivity index (χ2v) is 7.25. The SMILES string of the molecule is CC(C)OCCOc1ccc(Br)cc1S(=O)(=O)Cl. The van der Waals surface area contributed by atoms with Crippen molar-refractivity contribution < 1.29 is 17.9 Å². The molecule has 0 aliphatic heterocycles. The summed E-state index contributed by atoms with van der Waals surface area (Å²) in [4.78, 5) is -0.0527. The normalized spacial score (nSPS) is 11.8. The standard InChI is InChI=1S/C11H14BrClO4S/c1-8(2)16-5-6-17-10-4-3-9(12)7-11(10)18(13,14)15/h3-4,7-8H,5-6H2,1-2H3. The van der Waals surface area contributed by atoms with Crippen LogP contribution in [0.3, 0.4) is 0 Å². The van der Waals surface area contributed by atoms with E-state index in [0.29, 0.717) is 11.1 Å². The molecule has 0 atom stereocenters. The molecule has 0 unspecified atom stereocenters. The molecule has 0 radical (unpaired) electrons. The number of halogens is 2. The minimum absolute atomic E-state index is 0.0527. The van der Waals surface area contributed by atoms with Gasteiger partial charge in [-0.1, -0.05) is 15.9 Å². The summed E-state index contributed by atoms with van der Waals surface area (Å²) in [5.74, 6) is 0.223. The minimum atomic E-state index is -3.83. The first-order valence-corrected chi connectivity index (χ1v) is 8.39. The Bertz CT molecular complexity index is 502. The topological polar surface area (TPSA) is 52.6 Å². The Morgan fingerprint density at radius 2 is 2.00 bits per heavy atom. The first kappa shape index (κ1) is 15.8. The van der Waals surface area contributed by atoms with Gasteiger partial charge in [0.15, 0.2) is 0 Å². The first-order valence-electron chi connectivity index (χ1n) is 5.29. The maximum absolute atomic E-state index is 11.4. The second-order valence-electron chi connectivity index (χ2n) is 3.80. The maximum Gasteiger partial charge on any atom is 0.265 e. The second kappa shape index (κ2) is 6.75. The molecule has 0 amide bonds. The highest BCUT2D eigenvalue weighted by molar-refractivity contribution is 9.10. The minimum Gasteiger partial charge on any atom is -0.490 e. The van der Waals surface area contributed by atoms with Gasteiger partial charge in [-0.05, 0) is 32.0 Å². The fraction of sp³-hybridized carbons (Fsp3) is 0.455. The van der Waals surface area contributed by atoms with E-state index in [1.807, 2.05) is 13.8 Å². The predicted octanol–water partition coefficient (Wildman–Crippen LogP) is 3.18. The smallest absolute Gasteiger partial charge is 0.265 e. The van der Waals surface area contributed by atoms with Crippen molar-refractivity contribution in [1.29, 1.82) is 0 Å². The van der Waals surface area contributed by atoms with Gasteiger partial charge in [-0.15, -0.1) is 0 Å². The number of ether oxygens (including phenoxy) is 2. The van der Waals surface area contributed by atoms with E-state index < -0.39 is 9.05 Å². The van der Waals surface area contributed by atoms with Crippen LogP contribution >= 0.6 is 26.6 Å². The van der Waals surface area contributed by atoms with E-state index in [9.17, 15) is 8.42 Å². The van der Waals surface area contributed by atoms with E-state index in [0.717, 1.165) is 0 Å². The summed E-state index contributed by atoms with van der Waals surface area (Å²) in [6, 6.07) is 4.64. The predicted molar refractivity (Wildman–Crippen MR) is 73.8 cm³/mol. The molecule has 0 fully saturated rings. The summed E-state index contributed by atoms with van der Waals surface area (Å²) in [6.45, 7) is 4.47. The Labute approximate surface area is 120 Å². The van der Waals surface area contributed by atoms with E-state index in [-0.39, 0.29) is 23.4 Å². The number of rotatable bonds is 6. The fourth-order valence-corrected chi connectivity index (χ4v) is 2.74. The third-order valence-electron chi connectivity index (χ3n) is 1.96. The summed E-state index contributed by atoms with van der Waals surface area (Å²) < 4.78 is 34.0. The van der Waals surface area contributed by atoms with Gasteiger partial charge in [0.25, 0.3) is 9.05 Å². The average Bonchev–Trinajstić information content (AvgIpc) is 2.24. The summed E-state index contributed by atoms with van der Waals surface area (Å²) in [5, 5.41) is 0. The van der Waals surface area contributed by atoms with Gasteiger partial charge in [-0.2, -0.15) is 0 Å². The Morgan fingerprint density at radius 1 is 1.33 bits per heavy atom. The molecular weight excluding hydrogens is 344 g/mol. The van der Waals surface area contributed by atoms with Crippen molar-refractivity contribution in [2.75, 3.05) is 13.2 Å². The Morgan fingerprint density at radius 3 is 2.56 bits per heavy atom. The van der Waals surface area contributed by atoms with Gasteiger partial charge < -0.3 is 9.47 Å². The Kier molecular flexibility index (Phi) is 5.91. The highest BCUT2D eigenvalue weighted by Gasteiger charge is 2.17. The van der Waals surface area contributed by atoms with Crippen molar-refractivity contribution in [2.24, 2.45) is 0 Å². The van der Waals surface area contributed by atoms with Crippen molar-refractivity contribution in [3.63, 3.8) is 0 Å². The highest BCUT2D eigenvalue weighted by Crippen LogP contribution is 2.29. The van der Waals surface area contributed by atoms with Gasteiger partial charge in [0.2, 0.25) is 0 Å². The molecule has 0 N–H and O–H groups in total. The summed E-state index contributed by atoms with van der Waals surface area (Å²) in [5.41, 5.74) is 0. The van der Waals surface area contributed by atoms with Crippen LogP contribution < -0.4 is 4.74 Å². The molecule has 0 aliphatic carbocycles. The molecule has 4 nitrogen and oxygen atoms in total. The van der Waals surface area contributed by atoms with Crippen molar-refractivity contribution in [3.05, 3.63) is 22.7 Å². The van der Waals surface area contributed by atoms with E-state index in [2.05, 4.69) is 15.9 Å². The zero-order valence-electron chi connectivity index (χ0n) is 10.0. The van der Waals surface area contributed by atoms with Crippen LogP contribution in [0.1, 0.15) is 13.8 Å². The molecule has 1 aromatic rings. The van der Waals surface area contributed by atoms with Gasteiger partial charge in [-0.3, -0.25) is 0 Å². The maximum atomic E-state index is 11.4. The molecule has 0 saturated carbocycles. The molecule has 0 spiro atoms. The van der Waals surface area contributed by atoms with Crippen molar-refractivity contribution >= 4 is 35.7 Å². The molecule has 7 heteroatoms. The van der Waals surface area contributed by atoms with Crippen LogP contribution in [0.15, 0.2) is 27.6 Å². The van der Waals surface area contributed by atoms with Crippen LogP contribution in [-0.4, -0.2) is 27.7 Å². The van der Waals surface area contributed by atoms with Gasteiger partial charge in [0.05, 0.1) is 12.7 Å². The van der Waals surface area contributed by atoms with Crippen LogP contribution in [0.2, 0.25) is 0 Å². The molecule has 0 aromatic heterocycles. The largest absolute Gasteiger partial charge is 0.490 e. The lowest BCUT2D eigenvalue weighted by molar-refractivity contribution is 0.0546. The molecule has 1 rings (SSSR count). The molecular formula is C11H14BrClO4S. The zero-order chi connectivity index (χ0) is 13.8. The average molecular weight is 358 g/mol.